The van der Waals surface area contributed by atoms with Crippen molar-refractivity contribution in [3.05, 3.63) is 36.3 Å². The predicted molar refractivity (Wildman–Crippen MR) is 82.6 cm³/mol. The van der Waals surface area contributed by atoms with E-state index in [1.807, 2.05) is 29.1 Å². The summed E-state index contributed by atoms with van der Waals surface area (Å²) in [5.74, 6) is 1.24. The summed E-state index contributed by atoms with van der Waals surface area (Å²) in [6.07, 6.45) is 5.49. The summed E-state index contributed by atoms with van der Waals surface area (Å²) in [6, 6.07) is 3.83. The summed E-state index contributed by atoms with van der Waals surface area (Å²) in [6.45, 7) is 1.25. The van der Waals surface area contributed by atoms with Crippen LogP contribution in [-0.2, 0) is 6.54 Å². The molecule has 0 unspecified atom stereocenters. The van der Waals surface area contributed by atoms with Gasteiger partial charge in [-0.05, 0) is 6.07 Å². The first-order valence-electron chi connectivity index (χ1n) is 7.02. The predicted octanol–water partition coefficient (Wildman–Crippen LogP) is 1.06. The zero-order valence-corrected chi connectivity index (χ0v) is 12.0. The molecule has 22 heavy (non-hydrogen) atoms. The van der Waals surface area contributed by atoms with Crippen molar-refractivity contribution in [2.75, 3.05) is 24.2 Å². The molecule has 4 rings (SSSR count). The van der Waals surface area contributed by atoms with Gasteiger partial charge in [-0.25, -0.2) is 4.98 Å². The normalized spacial score (nSPS) is 14.1. The van der Waals surface area contributed by atoms with Crippen molar-refractivity contribution in [2.24, 2.45) is 0 Å². The molecule has 3 N–H and O–H groups in total. The van der Waals surface area contributed by atoms with E-state index >= 15 is 0 Å². The van der Waals surface area contributed by atoms with Crippen molar-refractivity contribution in [1.82, 2.24) is 24.5 Å². The van der Waals surface area contributed by atoms with Gasteiger partial charge in [0.2, 0.25) is 0 Å². The first-order chi connectivity index (χ1) is 10.7. The monoisotopic (exact) mass is 297 g/mol. The Bertz CT molecular complexity index is 863. The molecule has 1 amide bonds. The molecule has 3 aromatic heterocycles. The summed E-state index contributed by atoms with van der Waals surface area (Å²) in [4.78, 5) is 16.8. The molecule has 1 aliphatic heterocycles. The largest absolute Gasteiger partial charge is 0.373 e. The number of hydrogen-bond donors (Lipinski definition) is 3. The maximum Gasteiger partial charge on any atom is 0.256 e. The van der Waals surface area contributed by atoms with E-state index < -0.39 is 0 Å². The van der Waals surface area contributed by atoms with Gasteiger partial charge in [0, 0.05) is 38.6 Å². The fourth-order valence-corrected chi connectivity index (χ4v) is 2.56. The van der Waals surface area contributed by atoms with Gasteiger partial charge in [0.25, 0.3) is 5.91 Å². The van der Waals surface area contributed by atoms with Crippen LogP contribution < -0.4 is 16.0 Å². The Labute approximate surface area is 126 Å². The molecule has 1 aliphatic rings. The molecule has 4 bridgehead atoms. The third-order valence-electron chi connectivity index (χ3n) is 3.65. The molecule has 0 saturated carbocycles. The summed E-state index contributed by atoms with van der Waals surface area (Å²) < 4.78 is 3.64. The molecule has 0 aromatic carbocycles. The maximum atomic E-state index is 12.3. The van der Waals surface area contributed by atoms with Crippen LogP contribution in [0.4, 0.5) is 17.3 Å². The van der Waals surface area contributed by atoms with E-state index in [4.69, 9.17) is 0 Å². The number of anilines is 3. The lowest BCUT2D eigenvalue weighted by Crippen LogP contribution is -2.27. The number of carbonyl (C=O) groups is 1. The van der Waals surface area contributed by atoms with E-state index in [1.54, 1.807) is 17.8 Å². The van der Waals surface area contributed by atoms with Gasteiger partial charge in [-0.1, -0.05) is 0 Å². The number of fused-ring (bicyclic) bond motifs is 3. The van der Waals surface area contributed by atoms with Crippen LogP contribution in [0.25, 0.3) is 5.65 Å². The van der Waals surface area contributed by atoms with Crippen molar-refractivity contribution in [3.63, 3.8) is 0 Å². The molecule has 112 valence electrons. The van der Waals surface area contributed by atoms with Crippen molar-refractivity contribution in [3.8, 4) is 0 Å². The second-order valence-corrected chi connectivity index (χ2v) is 5.09. The fourth-order valence-electron chi connectivity index (χ4n) is 2.56. The standard InChI is InChI=1S/C14H15N7O/c1-15-12-6-11-18-9-2-4-20(8-9)5-3-16-14(22)10-7-17-21(12)13(10)19-11/h2,4,6-8,15H,3,5H2,1H3,(H,16,22)(H,18,19). The number of rotatable bonds is 1. The molecular weight excluding hydrogens is 282 g/mol. The Morgan fingerprint density at radius 2 is 2.32 bits per heavy atom. The summed E-state index contributed by atoms with van der Waals surface area (Å²) in [5, 5.41) is 13.5. The SMILES string of the molecule is CNc1cc2nc3c(cnn13)C(=O)NCCn1ccc(c1)N2. The van der Waals surface area contributed by atoms with Gasteiger partial charge >= 0.3 is 0 Å². The molecule has 0 aliphatic carbocycles. The molecule has 0 atom stereocenters. The molecule has 3 aromatic rings. The lowest BCUT2D eigenvalue weighted by molar-refractivity contribution is 0.0954. The highest BCUT2D eigenvalue weighted by atomic mass is 16.1. The van der Waals surface area contributed by atoms with Crippen LogP contribution in [0.15, 0.2) is 30.7 Å². The Kier molecular flexibility index (Phi) is 2.75. The van der Waals surface area contributed by atoms with Crippen molar-refractivity contribution in [2.45, 2.75) is 6.54 Å². The van der Waals surface area contributed by atoms with Gasteiger partial charge in [-0.3, -0.25) is 4.79 Å². The highest BCUT2D eigenvalue weighted by molar-refractivity contribution is 6.00. The first-order valence-corrected chi connectivity index (χ1v) is 7.02. The van der Waals surface area contributed by atoms with Crippen molar-refractivity contribution < 1.29 is 4.79 Å². The lowest BCUT2D eigenvalue weighted by Gasteiger charge is -2.10. The number of carbonyl (C=O) groups excluding carboxylic acids is 1. The van der Waals surface area contributed by atoms with Crippen LogP contribution >= 0.6 is 0 Å². The highest BCUT2D eigenvalue weighted by Gasteiger charge is 2.17. The van der Waals surface area contributed by atoms with Gasteiger partial charge in [0.05, 0.1) is 11.9 Å². The first kappa shape index (κ1) is 12.7. The minimum Gasteiger partial charge on any atom is -0.373 e. The molecular formula is C14H15N7O. The third kappa shape index (κ3) is 1.96. The molecule has 8 nitrogen and oxygen atoms in total. The Morgan fingerprint density at radius 3 is 3.18 bits per heavy atom. The van der Waals surface area contributed by atoms with E-state index in [0.29, 0.717) is 30.1 Å². The molecule has 0 fully saturated rings. The van der Waals surface area contributed by atoms with Gasteiger partial charge in [0.15, 0.2) is 5.65 Å². The molecule has 8 heteroatoms. The van der Waals surface area contributed by atoms with Crippen LogP contribution in [0.1, 0.15) is 10.4 Å². The number of nitrogens with zero attached hydrogens (tertiary/aromatic N) is 4. The van der Waals surface area contributed by atoms with Crippen LogP contribution in [0, 0.1) is 0 Å². The van der Waals surface area contributed by atoms with Crippen LogP contribution in [0.2, 0.25) is 0 Å². The van der Waals surface area contributed by atoms with Gasteiger partial charge in [0.1, 0.15) is 17.2 Å². The van der Waals surface area contributed by atoms with E-state index in [1.165, 1.54) is 0 Å². The molecule has 0 saturated heterocycles. The Morgan fingerprint density at radius 1 is 1.41 bits per heavy atom. The van der Waals surface area contributed by atoms with Crippen LogP contribution in [0.5, 0.6) is 0 Å². The van der Waals surface area contributed by atoms with Gasteiger partial charge < -0.3 is 20.5 Å². The van der Waals surface area contributed by atoms with Gasteiger partial charge in [-0.2, -0.15) is 9.61 Å². The minimum absolute atomic E-state index is 0.172. The average Bonchev–Trinajstić information content (AvgIpc) is 3.12. The minimum atomic E-state index is -0.172. The smallest absolute Gasteiger partial charge is 0.256 e. The number of hydrogen-bond acceptors (Lipinski definition) is 5. The zero-order chi connectivity index (χ0) is 15.1. The quantitative estimate of drug-likeness (QED) is 0.625. The zero-order valence-electron chi connectivity index (χ0n) is 12.0. The number of nitrogens with one attached hydrogen (secondary N) is 3. The molecule has 0 radical (unpaired) electrons. The summed E-state index contributed by atoms with van der Waals surface area (Å²) in [7, 11) is 1.81. The second-order valence-electron chi connectivity index (χ2n) is 5.09. The Balaban J connectivity index is 1.92. The van der Waals surface area contributed by atoms with E-state index in [9.17, 15) is 4.79 Å². The molecule has 4 heterocycles. The van der Waals surface area contributed by atoms with E-state index in [-0.39, 0.29) is 5.91 Å². The summed E-state index contributed by atoms with van der Waals surface area (Å²) in [5.41, 5.74) is 1.93. The van der Waals surface area contributed by atoms with Crippen LogP contribution in [0.3, 0.4) is 0 Å². The Hall–Kier alpha value is -3.03. The van der Waals surface area contributed by atoms with Crippen LogP contribution in [-0.4, -0.2) is 38.7 Å². The average molecular weight is 297 g/mol. The van der Waals surface area contributed by atoms with Gasteiger partial charge in [-0.15, -0.1) is 0 Å². The third-order valence-corrected chi connectivity index (χ3v) is 3.65. The summed E-state index contributed by atoms with van der Waals surface area (Å²) >= 11 is 0. The maximum absolute atomic E-state index is 12.3. The van der Waals surface area contributed by atoms with E-state index in [0.717, 1.165) is 11.5 Å². The fraction of sp³-hybridized carbons (Fsp3) is 0.214. The topological polar surface area (TPSA) is 88.3 Å². The lowest BCUT2D eigenvalue weighted by atomic mass is 10.3. The molecule has 0 spiro atoms. The van der Waals surface area contributed by atoms with Crippen molar-refractivity contribution >= 4 is 28.9 Å². The highest BCUT2D eigenvalue weighted by Crippen LogP contribution is 2.22. The number of amides is 1. The number of aromatic nitrogens is 4. The van der Waals surface area contributed by atoms with E-state index in [2.05, 4.69) is 26.0 Å². The second kappa shape index (κ2) is 4.76. The van der Waals surface area contributed by atoms with Crippen molar-refractivity contribution in [1.29, 1.82) is 0 Å².